The van der Waals surface area contributed by atoms with Crippen molar-refractivity contribution in [1.29, 1.82) is 0 Å². The Bertz CT molecular complexity index is 1240. The number of aryl methyl sites for hydroxylation is 2. The van der Waals surface area contributed by atoms with E-state index in [1.54, 1.807) is 11.5 Å². The molecule has 0 aliphatic heterocycles. The molecule has 0 atom stereocenters. The lowest BCUT2D eigenvalue weighted by Crippen LogP contribution is -2.22. The Morgan fingerprint density at radius 1 is 1.20 bits per heavy atom. The van der Waals surface area contributed by atoms with Crippen LogP contribution in [0.3, 0.4) is 0 Å². The minimum absolute atomic E-state index is 0.0484. The smallest absolute Gasteiger partial charge is 0.274 e. The Balaban J connectivity index is 2.01. The molecule has 0 aliphatic carbocycles. The number of thiazole rings is 1. The van der Waals surface area contributed by atoms with Crippen LogP contribution in [0.5, 0.6) is 5.75 Å². The average molecular weight is 415 g/mol. The number of nitrogens with zero attached hydrogens (tertiary/aromatic N) is 2. The molecule has 4 rings (SSSR count). The Hall–Kier alpha value is -2.18. The fraction of sp³-hybridized carbons (Fsp3) is 0.158. The molecule has 0 bridgehead atoms. The van der Waals surface area contributed by atoms with Gasteiger partial charge in [0.25, 0.3) is 5.56 Å². The third kappa shape index (κ3) is 2.65. The third-order valence-corrected chi connectivity index (χ3v) is 5.79. The Morgan fingerprint density at radius 2 is 1.96 bits per heavy atom. The monoisotopic (exact) mass is 414 g/mol. The molecule has 4 nitrogen and oxygen atoms in total. The van der Waals surface area contributed by atoms with E-state index >= 15 is 0 Å². The molecule has 2 aromatic carbocycles. The van der Waals surface area contributed by atoms with E-state index in [9.17, 15) is 4.79 Å². The highest BCUT2D eigenvalue weighted by molar-refractivity contribution is 9.10. The zero-order valence-electron chi connectivity index (χ0n) is 14.0. The fourth-order valence-electron chi connectivity index (χ4n) is 2.88. The quantitative estimate of drug-likeness (QED) is 0.500. The van der Waals surface area contributed by atoms with Crippen molar-refractivity contribution in [2.45, 2.75) is 13.8 Å². The Labute approximate surface area is 156 Å². The van der Waals surface area contributed by atoms with Crippen molar-refractivity contribution in [1.82, 2.24) is 9.38 Å². The SMILES string of the molecule is COc1ccc(Br)cc1C=c1sc2nc3cc(C)c(C)cc3n2c1=O. The zero-order chi connectivity index (χ0) is 17.7. The lowest BCUT2D eigenvalue weighted by molar-refractivity contribution is 0.414. The van der Waals surface area contributed by atoms with E-state index in [2.05, 4.69) is 27.8 Å². The number of halogens is 1. The number of aromatic nitrogens is 2. The Kier molecular flexibility index (Phi) is 3.89. The first-order chi connectivity index (χ1) is 12.0. The van der Waals surface area contributed by atoms with Gasteiger partial charge in [-0.3, -0.25) is 4.79 Å². The summed E-state index contributed by atoms with van der Waals surface area (Å²) in [7, 11) is 1.62. The highest BCUT2D eigenvalue weighted by Gasteiger charge is 2.13. The van der Waals surface area contributed by atoms with E-state index < -0.39 is 0 Å². The molecule has 6 heteroatoms. The van der Waals surface area contributed by atoms with Crippen LogP contribution >= 0.6 is 27.3 Å². The summed E-state index contributed by atoms with van der Waals surface area (Å²) in [5.41, 5.74) is 4.86. The number of methoxy groups -OCH3 is 1. The summed E-state index contributed by atoms with van der Waals surface area (Å²) in [6, 6.07) is 9.79. The van der Waals surface area contributed by atoms with Gasteiger partial charge in [0.2, 0.25) is 0 Å². The molecule has 0 fully saturated rings. The number of ether oxygens (including phenoxy) is 1. The maximum atomic E-state index is 12.9. The standard InChI is InChI=1S/C19H15BrN2O2S/c1-10-6-14-15(7-11(10)2)22-18(23)17(25-19(22)21-14)9-12-8-13(20)4-5-16(12)24-3/h4-9H,1-3H3. The number of benzene rings is 2. The maximum absolute atomic E-state index is 12.9. The van der Waals surface area contributed by atoms with Gasteiger partial charge in [0, 0.05) is 10.0 Å². The molecule has 0 saturated carbocycles. The van der Waals surface area contributed by atoms with Gasteiger partial charge in [0.1, 0.15) is 5.75 Å². The molecule has 126 valence electrons. The van der Waals surface area contributed by atoms with Gasteiger partial charge in [0.15, 0.2) is 4.96 Å². The number of fused-ring (bicyclic) bond motifs is 3. The molecule has 0 radical (unpaired) electrons. The van der Waals surface area contributed by atoms with Gasteiger partial charge < -0.3 is 4.74 Å². The zero-order valence-corrected chi connectivity index (χ0v) is 16.4. The van der Waals surface area contributed by atoms with Gasteiger partial charge in [0.05, 0.1) is 22.7 Å². The highest BCUT2D eigenvalue weighted by Crippen LogP contribution is 2.24. The number of imidazole rings is 1. The van der Waals surface area contributed by atoms with Crippen molar-refractivity contribution in [2.24, 2.45) is 0 Å². The van der Waals surface area contributed by atoms with Crippen LogP contribution in [0.15, 0.2) is 39.6 Å². The number of hydrogen-bond acceptors (Lipinski definition) is 4. The minimum atomic E-state index is -0.0484. The van der Waals surface area contributed by atoms with Crippen molar-refractivity contribution in [2.75, 3.05) is 7.11 Å². The van der Waals surface area contributed by atoms with Gasteiger partial charge >= 0.3 is 0 Å². The average Bonchev–Trinajstić information content (AvgIpc) is 3.05. The fourth-order valence-corrected chi connectivity index (χ4v) is 4.23. The van der Waals surface area contributed by atoms with Crippen molar-refractivity contribution in [3.05, 3.63) is 66.4 Å². The van der Waals surface area contributed by atoms with Crippen molar-refractivity contribution < 1.29 is 4.74 Å². The first kappa shape index (κ1) is 16.3. The molecule has 0 saturated heterocycles. The molecule has 2 aromatic heterocycles. The van der Waals surface area contributed by atoms with E-state index in [0.717, 1.165) is 32.4 Å². The number of hydrogen-bond donors (Lipinski definition) is 0. The maximum Gasteiger partial charge on any atom is 0.274 e. The topological polar surface area (TPSA) is 43.6 Å². The summed E-state index contributed by atoms with van der Waals surface area (Å²) in [4.78, 5) is 18.3. The van der Waals surface area contributed by atoms with Crippen LogP contribution < -0.4 is 14.8 Å². The second-order valence-corrected chi connectivity index (χ2v) is 7.88. The normalized spacial score (nSPS) is 12.4. The molecule has 0 spiro atoms. The molecular formula is C19H15BrN2O2S. The van der Waals surface area contributed by atoms with Crippen LogP contribution in [0.1, 0.15) is 16.7 Å². The minimum Gasteiger partial charge on any atom is -0.496 e. The summed E-state index contributed by atoms with van der Waals surface area (Å²) in [5, 5.41) is 0. The number of rotatable bonds is 2. The first-order valence-electron chi connectivity index (χ1n) is 7.75. The molecule has 25 heavy (non-hydrogen) atoms. The van der Waals surface area contributed by atoms with Crippen LogP contribution in [0, 0.1) is 13.8 Å². The van der Waals surface area contributed by atoms with Crippen LogP contribution in [-0.2, 0) is 0 Å². The van der Waals surface area contributed by atoms with Gasteiger partial charge in [-0.2, -0.15) is 0 Å². The molecule has 0 N–H and O–H groups in total. The van der Waals surface area contributed by atoms with Crippen LogP contribution in [0.4, 0.5) is 0 Å². The summed E-state index contributed by atoms with van der Waals surface area (Å²) in [6.45, 7) is 4.10. The molecule has 0 amide bonds. The molecule has 4 aromatic rings. The third-order valence-electron chi connectivity index (χ3n) is 4.33. The predicted octanol–water partition coefficient (Wildman–Crippen LogP) is 3.84. The predicted molar refractivity (Wildman–Crippen MR) is 106 cm³/mol. The summed E-state index contributed by atoms with van der Waals surface area (Å²) >= 11 is 4.86. The second kappa shape index (κ2) is 5.97. The van der Waals surface area contributed by atoms with Gasteiger partial charge in [-0.05, 0) is 61.4 Å². The van der Waals surface area contributed by atoms with E-state index in [4.69, 9.17) is 4.74 Å². The Morgan fingerprint density at radius 3 is 2.72 bits per heavy atom. The molecule has 2 heterocycles. The summed E-state index contributed by atoms with van der Waals surface area (Å²) in [6.07, 6.45) is 1.86. The van der Waals surface area contributed by atoms with Crippen LogP contribution in [0.25, 0.3) is 22.1 Å². The van der Waals surface area contributed by atoms with E-state index in [0.29, 0.717) is 9.49 Å². The van der Waals surface area contributed by atoms with Gasteiger partial charge in [-0.1, -0.05) is 27.3 Å². The highest BCUT2D eigenvalue weighted by atomic mass is 79.9. The van der Waals surface area contributed by atoms with Crippen molar-refractivity contribution in [3.63, 3.8) is 0 Å². The molecular weight excluding hydrogens is 400 g/mol. The second-order valence-electron chi connectivity index (χ2n) is 5.96. The summed E-state index contributed by atoms with van der Waals surface area (Å²) in [5.74, 6) is 0.727. The van der Waals surface area contributed by atoms with Crippen LogP contribution in [-0.4, -0.2) is 16.5 Å². The summed E-state index contributed by atoms with van der Waals surface area (Å²) < 4.78 is 8.67. The van der Waals surface area contributed by atoms with E-state index in [-0.39, 0.29) is 5.56 Å². The van der Waals surface area contributed by atoms with E-state index in [1.807, 2.05) is 43.3 Å². The van der Waals surface area contributed by atoms with Crippen molar-refractivity contribution >= 4 is 49.3 Å². The molecule has 0 unspecified atom stereocenters. The molecule has 0 aliphatic rings. The largest absolute Gasteiger partial charge is 0.496 e. The lowest BCUT2D eigenvalue weighted by atomic mass is 10.1. The van der Waals surface area contributed by atoms with E-state index in [1.165, 1.54) is 16.9 Å². The van der Waals surface area contributed by atoms with Crippen molar-refractivity contribution in [3.8, 4) is 5.75 Å². The first-order valence-corrected chi connectivity index (χ1v) is 9.36. The lowest BCUT2D eigenvalue weighted by Gasteiger charge is -2.04. The van der Waals surface area contributed by atoms with Gasteiger partial charge in [-0.15, -0.1) is 0 Å². The van der Waals surface area contributed by atoms with Crippen LogP contribution in [0.2, 0.25) is 0 Å². The van der Waals surface area contributed by atoms with Gasteiger partial charge in [-0.25, -0.2) is 9.38 Å².